The predicted molar refractivity (Wildman–Crippen MR) is 105 cm³/mol. The molecule has 29 heavy (non-hydrogen) atoms. The zero-order chi connectivity index (χ0) is 21.1. The largest absolute Gasteiger partial charge is 0.507 e. The quantitative estimate of drug-likeness (QED) is 0.274. The van der Waals surface area contributed by atoms with Crippen molar-refractivity contribution in [2.24, 2.45) is 0 Å². The summed E-state index contributed by atoms with van der Waals surface area (Å²) in [5, 5.41) is 23.2. The Morgan fingerprint density at radius 3 is 2.55 bits per heavy atom. The van der Waals surface area contributed by atoms with Gasteiger partial charge in [-0.2, -0.15) is 0 Å². The molecule has 0 radical (unpaired) electrons. The molecule has 1 aromatic heterocycles. The number of H-pyrrole nitrogens is 1. The molecule has 0 aliphatic heterocycles. The monoisotopic (exact) mass is 416 g/mol. The van der Waals surface area contributed by atoms with Crippen LogP contribution in [-0.2, 0) is 4.79 Å². The number of aromatic hydroxyl groups is 1. The summed E-state index contributed by atoms with van der Waals surface area (Å²) in [6.07, 6.45) is 0. The number of aromatic nitrogens is 2. The summed E-state index contributed by atoms with van der Waals surface area (Å²) in [5.41, 5.74) is 0.989. The lowest BCUT2D eigenvalue weighted by atomic mass is 10.2. The van der Waals surface area contributed by atoms with Crippen LogP contribution in [0.5, 0.6) is 5.75 Å². The number of aromatic carboxylic acids is 1. The highest BCUT2D eigenvalue weighted by molar-refractivity contribution is 8.00. The number of benzene rings is 2. The lowest BCUT2D eigenvalue weighted by molar-refractivity contribution is -0.704. The Hall–Kier alpha value is -3.53. The van der Waals surface area contributed by atoms with E-state index >= 15 is 0 Å². The maximum Gasteiger partial charge on any atom is 0.442 e. The summed E-state index contributed by atoms with van der Waals surface area (Å²) in [5.74, 6) is -2.17. The van der Waals surface area contributed by atoms with Crippen LogP contribution in [0.15, 0.2) is 56.8 Å². The summed E-state index contributed by atoms with van der Waals surface area (Å²) in [7, 11) is 0. The van der Waals surface area contributed by atoms with Crippen molar-refractivity contribution in [1.82, 2.24) is 5.27 Å². The van der Waals surface area contributed by atoms with Gasteiger partial charge in [0.1, 0.15) is 11.3 Å². The molecule has 0 saturated carbocycles. The van der Waals surface area contributed by atoms with Gasteiger partial charge in [-0.05, 0) is 53.8 Å². The highest BCUT2D eigenvalue weighted by atomic mass is 32.2. The van der Waals surface area contributed by atoms with Crippen LogP contribution in [-0.4, -0.2) is 32.6 Å². The first-order valence-electron chi connectivity index (χ1n) is 8.50. The molecule has 0 aliphatic rings. The lowest BCUT2D eigenvalue weighted by Gasteiger charge is -2.10. The minimum atomic E-state index is -1.31. The van der Waals surface area contributed by atoms with E-state index in [1.807, 2.05) is 19.1 Å². The number of carboxylic acids is 1. The molecular formula is C19H18N3O6S+. The molecule has 3 aromatic rings. The highest BCUT2D eigenvalue weighted by Crippen LogP contribution is 2.23. The van der Waals surface area contributed by atoms with Gasteiger partial charge in [0.15, 0.2) is 0 Å². The Kier molecular flexibility index (Phi) is 5.74. The maximum absolute atomic E-state index is 12.5. The molecule has 1 unspecified atom stereocenters. The smallest absolute Gasteiger partial charge is 0.442 e. The van der Waals surface area contributed by atoms with Gasteiger partial charge < -0.3 is 15.5 Å². The van der Waals surface area contributed by atoms with Crippen molar-refractivity contribution in [2.45, 2.75) is 24.1 Å². The third-order valence-corrected chi connectivity index (χ3v) is 5.19. The first kappa shape index (κ1) is 20.2. The van der Waals surface area contributed by atoms with Crippen molar-refractivity contribution in [2.75, 3.05) is 5.32 Å². The Morgan fingerprint density at radius 2 is 1.90 bits per heavy atom. The molecule has 10 heteroatoms. The van der Waals surface area contributed by atoms with Crippen molar-refractivity contribution >= 4 is 29.3 Å². The molecule has 9 nitrogen and oxygen atoms in total. The number of hydrogen-bond acceptors (Lipinski definition) is 6. The van der Waals surface area contributed by atoms with E-state index in [9.17, 15) is 19.5 Å². The minimum Gasteiger partial charge on any atom is -0.507 e. The number of thioether (sulfide) groups is 1. The van der Waals surface area contributed by atoms with Crippen molar-refractivity contribution in [3.8, 4) is 11.4 Å². The molecule has 150 valence electrons. The van der Waals surface area contributed by atoms with E-state index in [-0.39, 0.29) is 16.3 Å². The van der Waals surface area contributed by atoms with Gasteiger partial charge >= 0.3 is 16.6 Å². The van der Waals surface area contributed by atoms with E-state index in [0.29, 0.717) is 5.69 Å². The third-order valence-electron chi connectivity index (χ3n) is 4.05. The second-order valence-electron chi connectivity index (χ2n) is 6.24. The Balaban J connectivity index is 1.78. The third kappa shape index (κ3) is 4.49. The standard InChI is InChI=1S/C19H17N3O6S/c1-10-3-6-13(7-4-10)22-17(19(27)28-21-22)29-11(2)16(24)20-12-5-8-15(23)14(9-12)18(25)26/h3-9,11,21H,1-2H3,(H2,25,26,27)/p+1. The number of rotatable bonds is 6. The van der Waals surface area contributed by atoms with Crippen LogP contribution in [0.3, 0.4) is 0 Å². The predicted octanol–water partition coefficient (Wildman–Crippen LogP) is 2.08. The molecule has 2 aromatic carbocycles. The number of carboxylic acid groups (broad SMARTS) is 1. The van der Waals surface area contributed by atoms with Gasteiger partial charge in [0, 0.05) is 17.8 Å². The zero-order valence-electron chi connectivity index (χ0n) is 15.5. The average molecular weight is 416 g/mol. The summed E-state index contributed by atoms with van der Waals surface area (Å²) < 4.78 is 6.32. The van der Waals surface area contributed by atoms with Gasteiger partial charge in [-0.1, -0.05) is 17.7 Å². The van der Waals surface area contributed by atoms with E-state index in [4.69, 9.17) is 9.63 Å². The average Bonchev–Trinajstić information content (AvgIpc) is 3.04. The van der Waals surface area contributed by atoms with Gasteiger partial charge in [-0.15, -0.1) is 0 Å². The maximum atomic E-state index is 12.5. The fourth-order valence-corrected chi connectivity index (χ4v) is 3.36. The van der Waals surface area contributed by atoms with Crippen LogP contribution in [0.1, 0.15) is 22.8 Å². The normalized spacial score (nSPS) is 11.8. The topological polar surface area (TPSA) is 137 Å². The van der Waals surface area contributed by atoms with Crippen LogP contribution in [0.4, 0.5) is 5.69 Å². The molecule has 0 fully saturated rings. The molecular weight excluding hydrogens is 398 g/mol. The van der Waals surface area contributed by atoms with Gasteiger partial charge in [-0.3, -0.25) is 9.32 Å². The second-order valence-corrected chi connectivity index (χ2v) is 7.57. The zero-order valence-corrected chi connectivity index (χ0v) is 16.3. The number of nitrogens with one attached hydrogen (secondary N) is 2. The van der Waals surface area contributed by atoms with Crippen LogP contribution in [0.25, 0.3) is 5.69 Å². The van der Waals surface area contributed by atoms with Gasteiger partial charge in [0.2, 0.25) is 11.6 Å². The summed E-state index contributed by atoms with van der Waals surface area (Å²) in [6.45, 7) is 3.54. The molecule has 3 rings (SSSR count). The highest BCUT2D eigenvalue weighted by Gasteiger charge is 2.29. The number of amides is 1. The van der Waals surface area contributed by atoms with Crippen LogP contribution >= 0.6 is 11.8 Å². The fourth-order valence-electron chi connectivity index (χ4n) is 2.48. The van der Waals surface area contributed by atoms with Gasteiger partial charge in [0.05, 0.1) is 5.25 Å². The molecule has 1 amide bonds. The Morgan fingerprint density at radius 1 is 1.21 bits per heavy atom. The molecule has 1 atom stereocenters. The van der Waals surface area contributed by atoms with Crippen molar-refractivity contribution in [1.29, 1.82) is 0 Å². The number of phenols is 1. The van der Waals surface area contributed by atoms with Gasteiger partial charge in [-0.25, -0.2) is 9.59 Å². The van der Waals surface area contributed by atoms with E-state index in [2.05, 4.69) is 10.6 Å². The Bertz CT molecular complexity index is 1120. The number of aromatic amines is 1. The molecule has 4 N–H and O–H groups in total. The lowest BCUT2D eigenvalue weighted by Crippen LogP contribution is -2.37. The summed E-state index contributed by atoms with van der Waals surface area (Å²) in [6, 6.07) is 11.1. The first-order valence-corrected chi connectivity index (χ1v) is 9.38. The number of carbonyl (C=O) groups excluding carboxylic acids is 1. The summed E-state index contributed by atoms with van der Waals surface area (Å²) in [4.78, 5) is 35.7. The number of nitrogens with zero attached hydrogens (tertiary/aromatic N) is 1. The summed E-state index contributed by atoms with van der Waals surface area (Å²) >= 11 is 0.991. The van der Waals surface area contributed by atoms with Crippen molar-refractivity contribution in [3.05, 3.63) is 64.0 Å². The minimum absolute atomic E-state index is 0.188. The van der Waals surface area contributed by atoms with Crippen LogP contribution in [0.2, 0.25) is 0 Å². The van der Waals surface area contributed by atoms with Gasteiger partial charge in [0.25, 0.3) is 0 Å². The van der Waals surface area contributed by atoms with Crippen molar-refractivity contribution < 1.29 is 29.0 Å². The SMILES string of the molecule is Cc1ccc(-[n+]2[nH]oc(=O)c2SC(C)C(=O)Nc2ccc(O)c(C(=O)O)c2)cc1. The van der Waals surface area contributed by atoms with Crippen LogP contribution in [0, 0.1) is 6.92 Å². The van der Waals surface area contributed by atoms with E-state index in [1.54, 1.807) is 19.1 Å². The molecule has 1 heterocycles. The fraction of sp³-hybridized carbons (Fsp3) is 0.158. The number of anilines is 1. The molecule has 0 spiro atoms. The number of hydrogen-bond donors (Lipinski definition) is 4. The van der Waals surface area contributed by atoms with Crippen molar-refractivity contribution in [3.63, 3.8) is 0 Å². The Labute approximate surface area is 168 Å². The number of carbonyl (C=O) groups is 2. The van der Waals surface area contributed by atoms with Crippen LogP contribution < -0.4 is 15.6 Å². The van der Waals surface area contributed by atoms with E-state index < -0.39 is 28.5 Å². The van der Waals surface area contributed by atoms with E-state index in [0.717, 1.165) is 23.4 Å². The second kappa shape index (κ2) is 8.23. The first-order chi connectivity index (χ1) is 13.8. The molecule has 0 aliphatic carbocycles. The molecule has 0 saturated heterocycles. The number of aryl methyl sites for hydroxylation is 1. The molecule has 0 bridgehead atoms. The van der Waals surface area contributed by atoms with E-state index in [1.165, 1.54) is 16.8 Å².